The highest BCUT2D eigenvalue weighted by Crippen LogP contribution is 2.15. The minimum Gasteiger partial charge on any atom is -0.399 e. The first-order valence-corrected chi connectivity index (χ1v) is 6.56. The second kappa shape index (κ2) is 5.72. The lowest BCUT2D eigenvalue weighted by Crippen LogP contribution is -1.95. The molecule has 2 aromatic carbocycles. The molecule has 0 aliphatic carbocycles. The summed E-state index contributed by atoms with van der Waals surface area (Å²) < 4.78 is 0. The third kappa shape index (κ3) is 3.63. The maximum Gasteiger partial charge on any atom is 0.0316 e. The summed E-state index contributed by atoms with van der Waals surface area (Å²) in [6.45, 7) is 4.50. The molecule has 0 heterocycles. The number of nitrogen functional groups attached to an aromatic ring is 1. The van der Waals surface area contributed by atoms with Crippen LogP contribution in [0.15, 0.2) is 48.5 Å². The third-order valence-corrected chi connectivity index (χ3v) is 3.03. The molecular formula is C17H21N. The van der Waals surface area contributed by atoms with E-state index in [1.54, 1.807) is 0 Å². The molecular weight excluding hydrogens is 218 g/mol. The summed E-state index contributed by atoms with van der Waals surface area (Å²) in [6, 6.07) is 17.0. The Bertz CT molecular complexity index is 497. The van der Waals surface area contributed by atoms with Gasteiger partial charge in [0.15, 0.2) is 0 Å². The molecule has 1 heteroatoms. The monoisotopic (exact) mass is 239 g/mol. The number of benzene rings is 2. The average molecular weight is 239 g/mol. The Morgan fingerprint density at radius 3 is 2.17 bits per heavy atom. The highest BCUT2D eigenvalue weighted by atomic mass is 14.5. The van der Waals surface area contributed by atoms with Crippen LogP contribution in [0.4, 0.5) is 5.69 Å². The van der Waals surface area contributed by atoms with E-state index in [4.69, 9.17) is 5.73 Å². The standard InChI is InChI=1S/C17H21N/c1-13(2)10-14-6-8-15(9-7-14)11-16-4-3-5-17(18)12-16/h3-9,12-13H,10-11,18H2,1-2H3. The Kier molecular flexibility index (Phi) is 4.03. The topological polar surface area (TPSA) is 26.0 Å². The molecule has 0 saturated carbocycles. The Morgan fingerprint density at radius 1 is 0.889 bits per heavy atom. The Morgan fingerprint density at radius 2 is 1.56 bits per heavy atom. The molecule has 1 nitrogen and oxygen atoms in total. The van der Waals surface area contributed by atoms with Crippen LogP contribution in [-0.4, -0.2) is 0 Å². The van der Waals surface area contributed by atoms with E-state index in [0.717, 1.165) is 18.5 Å². The molecule has 2 N–H and O–H groups in total. The summed E-state index contributed by atoms with van der Waals surface area (Å²) in [4.78, 5) is 0. The summed E-state index contributed by atoms with van der Waals surface area (Å²) >= 11 is 0. The Labute approximate surface area is 110 Å². The quantitative estimate of drug-likeness (QED) is 0.800. The van der Waals surface area contributed by atoms with Gasteiger partial charge in [0.05, 0.1) is 0 Å². The smallest absolute Gasteiger partial charge is 0.0316 e. The van der Waals surface area contributed by atoms with Crippen LogP contribution in [-0.2, 0) is 12.8 Å². The van der Waals surface area contributed by atoms with Crippen LogP contribution in [0.1, 0.15) is 30.5 Å². The predicted octanol–water partition coefficient (Wildman–Crippen LogP) is 4.06. The molecule has 0 aliphatic heterocycles. The van der Waals surface area contributed by atoms with E-state index in [9.17, 15) is 0 Å². The van der Waals surface area contributed by atoms with Crippen LogP contribution in [0.3, 0.4) is 0 Å². The fourth-order valence-corrected chi connectivity index (χ4v) is 2.20. The first kappa shape index (κ1) is 12.7. The van der Waals surface area contributed by atoms with Crippen molar-refractivity contribution < 1.29 is 0 Å². The molecule has 18 heavy (non-hydrogen) atoms. The molecule has 0 amide bonds. The van der Waals surface area contributed by atoms with Gasteiger partial charge in [-0.15, -0.1) is 0 Å². The lowest BCUT2D eigenvalue weighted by molar-refractivity contribution is 0.647. The Hall–Kier alpha value is -1.76. The van der Waals surface area contributed by atoms with Gasteiger partial charge in [0.2, 0.25) is 0 Å². The van der Waals surface area contributed by atoms with Crippen LogP contribution in [0.2, 0.25) is 0 Å². The fraction of sp³-hybridized carbons (Fsp3) is 0.294. The van der Waals surface area contributed by atoms with Gasteiger partial charge in [0, 0.05) is 5.69 Å². The molecule has 0 atom stereocenters. The van der Waals surface area contributed by atoms with Gasteiger partial charge in [-0.25, -0.2) is 0 Å². The molecule has 0 aromatic heterocycles. The van der Waals surface area contributed by atoms with Crippen molar-refractivity contribution in [2.45, 2.75) is 26.7 Å². The van der Waals surface area contributed by atoms with E-state index in [1.807, 2.05) is 18.2 Å². The Balaban J connectivity index is 2.06. The number of anilines is 1. The van der Waals surface area contributed by atoms with E-state index >= 15 is 0 Å². The molecule has 0 saturated heterocycles. The highest BCUT2D eigenvalue weighted by Gasteiger charge is 2.00. The molecule has 2 rings (SSSR count). The van der Waals surface area contributed by atoms with Gasteiger partial charge >= 0.3 is 0 Å². The average Bonchev–Trinajstić information content (AvgIpc) is 2.31. The molecule has 0 spiro atoms. The lowest BCUT2D eigenvalue weighted by Gasteiger charge is -2.07. The van der Waals surface area contributed by atoms with Gasteiger partial charge in [-0.3, -0.25) is 0 Å². The zero-order valence-electron chi connectivity index (χ0n) is 11.2. The molecule has 0 radical (unpaired) electrons. The second-order valence-corrected chi connectivity index (χ2v) is 5.34. The minimum atomic E-state index is 0.713. The molecule has 94 valence electrons. The van der Waals surface area contributed by atoms with E-state index in [1.165, 1.54) is 16.7 Å². The minimum absolute atomic E-state index is 0.713. The largest absolute Gasteiger partial charge is 0.399 e. The highest BCUT2D eigenvalue weighted by molar-refractivity contribution is 5.42. The molecule has 0 unspecified atom stereocenters. The predicted molar refractivity (Wildman–Crippen MR) is 78.6 cm³/mol. The zero-order valence-corrected chi connectivity index (χ0v) is 11.2. The summed E-state index contributed by atoms with van der Waals surface area (Å²) in [6.07, 6.45) is 2.10. The van der Waals surface area contributed by atoms with Crippen molar-refractivity contribution in [3.05, 3.63) is 65.2 Å². The van der Waals surface area contributed by atoms with Crippen molar-refractivity contribution in [3.63, 3.8) is 0 Å². The maximum atomic E-state index is 5.79. The van der Waals surface area contributed by atoms with Crippen LogP contribution in [0.5, 0.6) is 0 Å². The van der Waals surface area contributed by atoms with Crippen LogP contribution in [0, 0.1) is 5.92 Å². The molecule has 0 fully saturated rings. The van der Waals surface area contributed by atoms with Gasteiger partial charge < -0.3 is 5.73 Å². The molecule has 2 aromatic rings. The van der Waals surface area contributed by atoms with E-state index in [2.05, 4.69) is 44.2 Å². The lowest BCUT2D eigenvalue weighted by atomic mass is 9.99. The summed E-state index contributed by atoms with van der Waals surface area (Å²) in [7, 11) is 0. The van der Waals surface area contributed by atoms with Crippen molar-refractivity contribution in [2.24, 2.45) is 5.92 Å². The van der Waals surface area contributed by atoms with Gasteiger partial charge in [-0.1, -0.05) is 50.2 Å². The van der Waals surface area contributed by atoms with Crippen molar-refractivity contribution in [3.8, 4) is 0 Å². The normalized spacial score (nSPS) is 10.8. The number of nitrogens with two attached hydrogens (primary N) is 1. The van der Waals surface area contributed by atoms with Crippen molar-refractivity contribution in [2.75, 3.05) is 5.73 Å². The van der Waals surface area contributed by atoms with Crippen molar-refractivity contribution in [1.29, 1.82) is 0 Å². The number of hydrogen-bond donors (Lipinski definition) is 1. The van der Waals surface area contributed by atoms with E-state index < -0.39 is 0 Å². The van der Waals surface area contributed by atoms with Gasteiger partial charge in [0.25, 0.3) is 0 Å². The second-order valence-electron chi connectivity index (χ2n) is 5.34. The fourth-order valence-electron chi connectivity index (χ4n) is 2.20. The van der Waals surface area contributed by atoms with Crippen LogP contribution >= 0.6 is 0 Å². The van der Waals surface area contributed by atoms with Gasteiger partial charge in [-0.2, -0.15) is 0 Å². The summed E-state index contributed by atoms with van der Waals surface area (Å²) in [5.74, 6) is 0.713. The molecule has 0 bridgehead atoms. The van der Waals surface area contributed by atoms with Crippen molar-refractivity contribution >= 4 is 5.69 Å². The van der Waals surface area contributed by atoms with Gasteiger partial charge in [0.1, 0.15) is 0 Å². The summed E-state index contributed by atoms with van der Waals surface area (Å²) in [5, 5.41) is 0. The first-order valence-electron chi connectivity index (χ1n) is 6.56. The van der Waals surface area contributed by atoms with E-state index in [-0.39, 0.29) is 0 Å². The zero-order chi connectivity index (χ0) is 13.0. The van der Waals surface area contributed by atoms with Crippen LogP contribution in [0.25, 0.3) is 0 Å². The third-order valence-electron chi connectivity index (χ3n) is 3.03. The number of hydrogen-bond acceptors (Lipinski definition) is 1. The molecule has 0 aliphatic rings. The summed E-state index contributed by atoms with van der Waals surface area (Å²) in [5.41, 5.74) is 10.7. The maximum absolute atomic E-state index is 5.79. The van der Waals surface area contributed by atoms with Crippen LogP contribution < -0.4 is 5.73 Å². The van der Waals surface area contributed by atoms with E-state index in [0.29, 0.717) is 5.92 Å². The van der Waals surface area contributed by atoms with Crippen molar-refractivity contribution in [1.82, 2.24) is 0 Å². The first-order chi connectivity index (χ1) is 8.63. The van der Waals surface area contributed by atoms with Gasteiger partial charge in [-0.05, 0) is 47.6 Å². The SMILES string of the molecule is CC(C)Cc1ccc(Cc2cccc(N)c2)cc1. The number of rotatable bonds is 4.